The van der Waals surface area contributed by atoms with Gasteiger partial charge in [-0.05, 0) is 43.6 Å². The summed E-state index contributed by atoms with van der Waals surface area (Å²) < 4.78 is 1.90. The van der Waals surface area contributed by atoms with E-state index in [1.165, 1.54) is 25.0 Å². The molecule has 1 fully saturated rings. The molecule has 15 heavy (non-hydrogen) atoms. The van der Waals surface area contributed by atoms with Gasteiger partial charge in [-0.1, -0.05) is 22.9 Å². The summed E-state index contributed by atoms with van der Waals surface area (Å²) in [5.41, 5.74) is 1.25. The van der Waals surface area contributed by atoms with Gasteiger partial charge in [0.2, 0.25) is 0 Å². The molecule has 2 rings (SSSR count). The number of aromatic nitrogens is 2. The fraction of sp³-hybridized carbons (Fsp3) is 0.750. The molecule has 0 aliphatic heterocycles. The summed E-state index contributed by atoms with van der Waals surface area (Å²) in [6.45, 7) is 2.38. The standard InChI is InChI=1S/C12H19BrN2/c1-9-3-4-11(13)7-10(9)8-12-5-6-15(2)14-12/h5-6,9-11H,3-4,7-8H2,1-2H3. The van der Waals surface area contributed by atoms with Gasteiger partial charge in [-0.25, -0.2) is 0 Å². The number of nitrogens with zero attached hydrogens (tertiary/aromatic N) is 2. The van der Waals surface area contributed by atoms with Crippen molar-refractivity contribution in [1.82, 2.24) is 9.78 Å². The maximum atomic E-state index is 4.47. The lowest BCUT2D eigenvalue weighted by atomic mass is 9.78. The van der Waals surface area contributed by atoms with E-state index in [0.717, 1.165) is 23.1 Å². The molecule has 0 amide bonds. The van der Waals surface area contributed by atoms with Gasteiger partial charge in [0.05, 0.1) is 5.69 Å². The van der Waals surface area contributed by atoms with Gasteiger partial charge >= 0.3 is 0 Å². The molecule has 0 saturated heterocycles. The summed E-state index contributed by atoms with van der Waals surface area (Å²) in [7, 11) is 1.99. The second kappa shape index (κ2) is 4.69. The van der Waals surface area contributed by atoms with Gasteiger partial charge in [0.15, 0.2) is 0 Å². The van der Waals surface area contributed by atoms with Crippen LogP contribution in [0.1, 0.15) is 31.9 Å². The van der Waals surface area contributed by atoms with E-state index in [2.05, 4.69) is 34.0 Å². The third kappa shape index (κ3) is 2.83. The average molecular weight is 271 g/mol. The summed E-state index contributed by atoms with van der Waals surface area (Å²) in [5, 5.41) is 4.47. The van der Waals surface area contributed by atoms with Crippen LogP contribution in [0.2, 0.25) is 0 Å². The first-order valence-corrected chi connectivity index (χ1v) is 6.69. The maximum absolute atomic E-state index is 4.47. The minimum absolute atomic E-state index is 0.724. The smallest absolute Gasteiger partial charge is 0.0627 e. The van der Waals surface area contributed by atoms with Crippen LogP contribution in [0.4, 0.5) is 0 Å². The Morgan fingerprint density at radius 3 is 3.00 bits per heavy atom. The van der Waals surface area contributed by atoms with E-state index in [-0.39, 0.29) is 0 Å². The van der Waals surface area contributed by atoms with Gasteiger partial charge < -0.3 is 0 Å². The van der Waals surface area contributed by atoms with Crippen LogP contribution in [0.15, 0.2) is 12.3 Å². The highest BCUT2D eigenvalue weighted by atomic mass is 79.9. The van der Waals surface area contributed by atoms with Crippen LogP contribution in [0.3, 0.4) is 0 Å². The van der Waals surface area contributed by atoms with Gasteiger partial charge in [0.25, 0.3) is 0 Å². The first-order chi connectivity index (χ1) is 7.15. The molecule has 3 heteroatoms. The molecule has 3 unspecified atom stereocenters. The number of halogens is 1. The maximum Gasteiger partial charge on any atom is 0.0627 e. The largest absolute Gasteiger partial charge is 0.276 e. The summed E-state index contributed by atoms with van der Waals surface area (Å²) in [6.07, 6.45) is 7.17. The fourth-order valence-electron chi connectivity index (χ4n) is 2.48. The molecule has 1 aromatic rings. The topological polar surface area (TPSA) is 17.8 Å². The van der Waals surface area contributed by atoms with Crippen molar-refractivity contribution >= 4 is 15.9 Å². The van der Waals surface area contributed by atoms with E-state index in [9.17, 15) is 0 Å². The zero-order chi connectivity index (χ0) is 10.8. The lowest BCUT2D eigenvalue weighted by molar-refractivity contribution is 0.261. The molecule has 1 aromatic heterocycles. The van der Waals surface area contributed by atoms with E-state index in [1.54, 1.807) is 0 Å². The van der Waals surface area contributed by atoms with Crippen LogP contribution in [0.5, 0.6) is 0 Å². The molecular weight excluding hydrogens is 252 g/mol. The van der Waals surface area contributed by atoms with Crippen molar-refractivity contribution in [3.05, 3.63) is 18.0 Å². The average Bonchev–Trinajstić information content (AvgIpc) is 2.58. The summed E-state index contributed by atoms with van der Waals surface area (Å²) >= 11 is 3.75. The minimum Gasteiger partial charge on any atom is -0.276 e. The minimum atomic E-state index is 0.724. The van der Waals surface area contributed by atoms with Gasteiger partial charge in [-0.2, -0.15) is 5.10 Å². The Labute approximate surface area is 100 Å². The summed E-state index contributed by atoms with van der Waals surface area (Å²) in [4.78, 5) is 0.724. The molecular formula is C12H19BrN2. The van der Waals surface area contributed by atoms with E-state index >= 15 is 0 Å². The first-order valence-electron chi connectivity index (χ1n) is 5.77. The number of hydrogen-bond donors (Lipinski definition) is 0. The monoisotopic (exact) mass is 270 g/mol. The van der Waals surface area contributed by atoms with Crippen molar-refractivity contribution < 1.29 is 0 Å². The molecule has 2 nitrogen and oxygen atoms in total. The van der Waals surface area contributed by atoms with Crippen molar-refractivity contribution in [3.8, 4) is 0 Å². The van der Waals surface area contributed by atoms with Gasteiger partial charge in [0.1, 0.15) is 0 Å². The number of alkyl halides is 1. The molecule has 1 aliphatic carbocycles. The second-order valence-corrected chi connectivity index (χ2v) is 6.13. The molecule has 1 aliphatic rings. The van der Waals surface area contributed by atoms with Crippen molar-refractivity contribution in [2.45, 2.75) is 37.4 Å². The highest BCUT2D eigenvalue weighted by Gasteiger charge is 2.26. The Hall–Kier alpha value is -0.310. The number of hydrogen-bond acceptors (Lipinski definition) is 1. The predicted octanol–water partition coefficient (Wildman–Crippen LogP) is 3.16. The zero-order valence-electron chi connectivity index (χ0n) is 9.49. The van der Waals surface area contributed by atoms with Crippen molar-refractivity contribution in [1.29, 1.82) is 0 Å². The van der Waals surface area contributed by atoms with E-state index in [4.69, 9.17) is 0 Å². The third-order valence-corrected chi connectivity index (χ3v) is 4.37. The lowest BCUT2D eigenvalue weighted by Gasteiger charge is -2.31. The van der Waals surface area contributed by atoms with E-state index < -0.39 is 0 Å². The SMILES string of the molecule is CC1CCC(Br)CC1Cc1ccn(C)n1. The van der Waals surface area contributed by atoms with Crippen LogP contribution in [0.25, 0.3) is 0 Å². The lowest BCUT2D eigenvalue weighted by Crippen LogP contribution is -2.25. The van der Waals surface area contributed by atoms with E-state index in [1.807, 2.05) is 17.9 Å². The Kier molecular flexibility index (Phi) is 3.49. The van der Waals surface area contributed by atoms with Crippen LogP contribution in [0, 0.1) is 11.8 Å². The van der Waals surface area contributed by atoms with Crippen molar-refractivity contribution in [3.63, 3.8) is 0 Å². The highest BCUT2D eigenvalue weighted by Crippen LogP contribution is 2.35. The Balaban J connectivity index is 1.98. The molecule has 0 radical (unpaired) electrons. The molecule has 0 bridgehead atoms. The molecule has 0 N–H and O–H groups in total. The summed E-state index contributed by atoms with van der Waals surface area (Å²) in [6, 6.07) is 2.14. The van der Waals surface area contributed by atoms with Crippen LogP contribution in [-0.4, -0.2) is 14.6 Å². The molecule has 3 atom stereocenters. The fourth-order valence-corrected chi connectivity index (χ4v) is 3.23. The molecule has 84 valence electrons. The Morgan fingerprint density at radius 1 is 1.53 bits per heavy atom. The number of aryl methyl sites for hydroxylation is 1. The molecule has 0 aromatic carbocycles. The molecule has 1 saturated carbocycles. The van der Waals surface area contributed by atoms with Crippen LogP contribution in [-0.2, 0) is 13.5 Å². The third-order valence-electron chi connectivity index (χ3n) is 3.54. The predicted molar refractivity (Wildman–Crippen MR) is 66.1 cm³/mol. The normalized spacial score (nSPS) is 31.8. The molecule has 0 spiro atoms. The summed E-state index contributed by atoms with van der Waals surface area (Å²) in [5.74, 6) is 1.65. The van der Waals surface area contributed by atoms with Gasteiger partial charge in [-0.15, -0.1) is 0 Å². The van der Waals surface area contributed by atoms with Gasteiger partial charge in [-0.3, -0.25) is 4.68 Å². The Morgan fingerprint density at radius 2 is 2.33 bits per heavy atom. The van der Waals surface area contributed by atoms with Crippen molar-refractivity contribution in [2.24, 2.45) is 18.9 Å². The van der Waals surface area contributed by atoms with E-state index in [0.29, 0.717) is 0 Å². The second-order valence-electron chi connectivity index (χ2n) is 4.83. The first kappa shape index (κ1) is 11.2. The van der Waals surface area contributed by atoms with Crippen molar-refractivity contribution in [2.75, 3.05) is 0 Å². The van der Waals surface area contributed by atoms with Crippen LogP contribution >= 0.6 is 15.9 Å². The zero-order valence-corrected chi connectivity index (χ0v) is 11.1. The highest BCUT2D eigenvalue weighted by molar-refractivity contribution is 9.09. The molecule has 1 heterocycles. The van der Waals surface area contributed by atoms with Crippen LogP contribution < -0.4 is 0 Å². The number of rotatable bonds is 2. The van der Waals surface area contributed by atoms with Gasteiger partial charge in [0, 0.05) is 18.1 Å². The quantitative estimate of drug-likeness (QED) is 0.755. The Bertz CT molecular complexity index is 321.